The Morgan fingerprint density at radius 2 is 1.80 bits per heavy atom. The number of hydrogen-bond acceptors (Lipinski definition) is 6. The molecule has 0 N–H and O–H groups in total. The molecule has 0 spiro atoms. The van der Waals surface area contributed by atoms with Gasteiger partial charge < -0.3 is 28.6 Å². The number of morpholine rings is 1. The Balaban J connectivity index is 1.62. The molecule has 2 aromatic rings. The maximum Gasteiger partial charge on any atom is 0.227 e. The van der Waals surface area contributed by atoms with Crippen LogP contribution >= 0.6 is 0 Å². The van der Waals surface area contributed by atoms with Gasteiger partial charge in [0.25, 0.3) is 0 Å². The summed E-state index contributed by atoms with van der Waals surface area (Å²) in [5, 5.41) is 0. The van der Waals surface area contributed by atoms with E-state index >= 15 is 0 Å². The quantitative estimate of drug-likeness (QED) is 0.656. The van der Waals surface area contributed by atoms with Crippen molar-refractivity contribution >= 4 is 5.91 Å². The molecular formula is C22H26FNO6. The van der Waals surface area contributed by atoms with Crippen molar-refractivity contribution in [1.29, 1.82) is 0 Å². The van der Waals surface area contributed by atoms with Gasteiger partial charge >= 0.3 is 0 Å². The van der Waals surface area contributed by atoms with Crippen molar-refractivity contribution < 1.29 is 32.9 Å². The van der Waals surface area contributed by atoms with Crippen molar-refractivity contribution in [3.63, 3.8) is 0 Å². The molecule has 0 bridgehead atoms. The van der Waals surface area contributed by atoms with E-state index < -0.39 is 0 Å². The van der Waals surface area contributed by atoms with Crippen molar-refractivity contribution in [2.45, 2.75) is 12.5 Å². The zero-order chi connectivity index (χ0) is 21.5. The average molecular weight is 419 g/mol. The van der Waals surface area contributed by atoms with E-state index in [2.05, 4.69) is 0 Å². The molecular weight excluding hydrogens is 393 g/mol. The molecule has 162 valence electrons. The molecule has 0 saturated carbocycles. The zero-order valence-corrected chi connectivity index (χ0v) is 17.4. The lowest BCUT2D eigenvalue weighted by molar-refractivity contribution is -0.139. The summed E-state index contributed by atoms with van der Waals surface area (Å²) in [7, 11) is 4.60. The third-order valence-corrected chi connectivity index (χ3v) is 4.87. The largest absolute Gasteiger partial charge is 0.493 e. The molecule has 1 fully saturated rings. The van der Waals surface area contributed by atoms with Gasteiger partial charge in [-0.15, -0.1) is 0 Å². The summed E-state index contributed by atoms with van der Waals surface area (Å²) in [5.41, 5.74) is 0.714. The van der Waals surface area contributed by atoms with Gasteiger partial charge in [0.15, 0.2) is 11.5 Å². The Morgan fingerprint density at radius 1 is 1.07 bits per heavy atom. The van der Waals surface area contributed by atoms with Crippen molar-refractivity contribution in [2.24, 2.45) is 0 Å². The van der Waals surface area contributed by atoms with Crippen molar-refractivity contribution in [2.75, 3.05) is 47.6 Å². The molecule has 1 heterocycles. The molecule has 30 heavy (non-hydrogen) atoms. The number of nitrogens with zero attached hydrogens (tertiary/aromatic N) is 1. The second kappa shape index (κ2) is 10.2. The maximum absolute atomic E-state index is 13.0. The summed E-state index contributed by atoms with van der Waals surface area (Å²) < 4.78 is 40.5. The Labute approximate surface area is 175 Å². The van der Waals surface area contributed by atoms with Crippen molar-refractivity contribution in [1.82, 2.24) is 4.90 Å². The predicted molar refractivity (Wildman–Crippen MR) is 108 cm³/mol. The fourth-order valence-corrected chi connectivity index (χ4v) is 3.34. The molecule has 1 saturated heterocycles. The van der Waals surface area contributed by atoms with Gasteiger partial charge in [-0.1, -0.05) is 6.07 Å². The Bertz CT molecular complexity index is 857. The molecule has 8 heteroatoms. The van der Waals surface area contributed by atoms with Crippen LogP contribution in [-0.4, -0.2) is 64.5 Å². The molecule has 1 amide bonds. The highest BCUT2D eigenvalue weighted by Crippen LogP contribution is 2.40. The molecule has 2 aromatic carbocycles. The van der Waals surface area contributed by atoms with Gasteiger partial charge in [-0.3, -0.25) is 4.79 Å². The molecule has 1 aliphatic heterocycles. The standard InChI is InChI=1S/C22H26FNO6/c1-26-19-9-4-15(21(27-2)22(19)28-3)12-20(25)24-10-11-29-18(13-24)14-30-17-7-5-16(23)6-8-17/h4-9,18H,10-14H2,1-3H3. The normalized spacial score (nSPS) is 16.1. The number of carbonyl (C=O) groups is 1. The highest BCUT2D eigenvalue weighted by Gasteiger charge is 2.26. The Hall–Kier alpha value is -3.00. The minimum absolute atomic E-state index is 0.0457. The van der Waals surface area contributed by atoms with Crippen LogP contribution in [0, 0.1) is 5.82 Å². The third-order valence-electron chi connectivity index (χ3n) is 4.87. The van der Waals surface area contributed by atoms with E-state index in [1.54, 1.807) is 36.3 Å². The first-order valence-corrected chi connectivity index (χ1v) is 9.61. The molecule has 7 nitrogen and oxygen atoms in total. The minimum atomic E-state index is -0.321. The van der Waals surface area contributed by atoms with Crippen molar-refractivity contribution in [3.05, 3.63) is 47.8 Å². The fourth-order valence-electron chi connectivity index (χ4n) is 3.34. The van der Waals surface area contributed by atoms with Crippen LogP contribution in [0.5, 0.6) is 23.0 Å². The minimum Gasteiger partial charge on any atom is -0.493 e. The predicted octanol–water partition coefficient (Wildman–Crippen LogP) is 2.70. The first kappa shape index (κ1) is 21.7. The van der Waals surface area contributed by atoms with E-state index in [1.165, 1.54) is 26.4 Å². The van der Waals surface area contributed by atoms with E-state index in [0.29, 0.717) is 48.3 Å². The van der Waals surface area contributed by atoms with Crippen LogP contribution in [0.3, 0.4) is 0 Å². The Kier molecular flexibility index (Phi) is 7.35. The molecule has 0 aliphatic carbocycles. The van der Waals surface area contributed by atoms with Gasteiger partial charge in [0, 0.05) is 12.1 Å². The number of carbonyl (C=O) groups excluding carboxylic acids is 1. The van der Waals surface area contributed by atoms with Gasteiger partial charge in [0.1, 0.15) is 24.3 Å². The molecule has 1 unspecified atom stereocenters. The number of benzene rings is 2. The second-order valence-electron chi connectivity index (χ2n) is 6.77. The zero-order valence-electron chi connectivity index (χ0n) is 17.4. The summed E-state index contributed by atoms with van der Waals surface area (Å²) in [4.78, 5) is 14.7. The lowest BCUT2D eigenvalue weighted by Gasteiger charge is -2.33. The van der Waals surface area contributed by atoms with Crippen molar-refractivity contribution in [3.8, 4) is 23.0 Å². The van der Waals surface area contributed by atoms with Gasteiger partial charge in [-0.05, 0) is 30.3 Å². The molecule has 0 aromatic heterocycles. The van der Waals surface area contributed by atoms with Crippen LogP contribution in [-0.2, 0) is 16.0 Å². The monoisotopic (exact) mass is 419 g/mol. The first-order chi connectivity index (χ1) is 14.5. The molecule has 0 radical (unpaired) electrons. The number of hydrogen-bond donors (Lipinski definition) is 0. The number of methoxy groups -OCH3 is 3. The van der Waals surface area contributed by atoms with Gasteiger partial charge in [-0.2, -0.15) is 0 Å². The van der Waals surface area contributed by atoms with E-state index in [4.69, 9.17) is 23.7 Å². The van der Waals surface area contributed by atoms with Crippen LogP contribution < -0.4 is 18.9 Å². The number of amides is 1. The van der Waals surface area contributed by atoms with Crippen LogP contribution in [0.2, 0.25) is 0 Å². The summed E-state index contributed by atoms with van der Waals surface area (Å²) in [6.07, 6.45) is -0.102. The average Bonchev–Trinajstić information content (AvgIpc) is 2.78. The summed E-state index contributed by atoms with van der Waals surface area (Å²) >= 11 is 0. The first-order valence-electron chi connectivity index (χ1n) is 9.61. The van der Waals surface area contributed by atoms with E-state index in [0.717, 1.165) is 0 Å². The number of halogens is 1. The topological polar surface area (TPSA) is 66.5 Å². The lowest BCUT2D eigenvalue weighted by Crippen LogP contribution is -2.48. The smallest absolute Gasteiger partial charge is 0.227 e. The number of ether oxygens (including phenoxy) is 5. The maximum atomic E-state index is 13.0. The summed E-state index contributed by atoms with van der Waals surface area (Å²) in [6.45, 7) is 1.61. The SMILES string of the molecule is COc1ccc(CC(=O)N2CCOC(COc3ccc(F)cc3)C2)c(OC)c1OC. The Morgan fingerprint density at radius 3 is 2.47 bits per heavy atom. The van der Waals surface area contributed by atoms with Crippen LogP contribution in [0.25, 0.3) is 0 Å². The lowest BCUT2D eigenvalue weighted by atomic mass is 10.1. The van der Waals surface area contributed by atoms with Gasteiger partial charge in [0.2, 0.25) is 11.7 Å². The molecule has 1 atom stereocenters. The van der Waals surface area contributed by atoms with Crippen LogP contribution in [0.1, 0.15) is 5.56 Å². The summed E-state index contributed by atoms with van der Waals surface area (Å²) in [5.74, 6) is 1.66. The van der Waals surface area contributed by atoms with Gasteiger partial charge in [-0.25, -0.2) is 4.39 Å². The van der Waals surface area contributed by atoms with E-state index in [-0.39, 0.29) is 30.9 Å². The van der Waals surface area contributed by atoms with E-state index in [1.807, 2.05) is 0 Å². The fraction of sp³-hybridized carbons (Fsp3) is 0.409. The van der Waals surface area contributed by atoms with Crippen LogP contribution in [0.15, 0.2) is 36.4 Å². The molecule has 1 aliphatic rings. The summed E-state index contributed by atoms with van der Waals surface area (Å²) in [6, 6.07) is 9.35. The molecule has 3 rings (SSSR count). The highest BCUT2D eigenvalue weighted by molar-refractivity contribution is 5.80. The van der Waals surface area contributed by atoms with Gasteiger partial charge in [0.05, 0.1) is 40.9 Å². The number of rotatable bonds is 8. The van der Waals surface area contributed by atoms with Crippen LogP contribution in [0.4, 0.5) is 4.39 Å². The highest BCUT2D eigenvalue weighted by atomic mass is 19.1. The second-order valence-corrected chi connectivity index (χ2v) is 6.77. The third kappa shape index (κ3) is 5.13. The van der Waals surface area contributed by atoms with E-state index in [9.17, 15) is 9.18 Å².